The van der Waals surface area contributed by atoms with Crippen LogP contribution in [0.2, 0.25) is 0 Å². The van der Waals surface area contributed by atoms with Crippen LogP contribution in [0.5, 0.6) is 5.75 Å². The van der Waals surface area contributed by atoms with Crippen molar-refractivity contribution >= 4 is 21.9 Å². The van der Waals surface area contributed by atoms with Crippen LogP contribution in [0.1, 0.15) is 27.0 Å². The Morgan fingerprint density at radius 1 is 0.889 bits per heavy atom. The van der Waals surface area contributed by atoms with Crippen LogP contribution in [0.3, 0.4) is 0 Å². The van der Waals surface area contributed by atoms with Gasteiger partial charge in [-0.1, -0.05) is 42.0 Å². The first-order chi connectivity index (χ1) is 17.3. The molecule has 0 atom stereocenters. The molecule has 0 unspecified atom stereocenters. The van der Waals surface area contributed by atoms with Gasteiger partial charge in [0.2, 0.25) is 5.95 Å². The highest BCUT2D eigenvalue weighted by molar-refractivity contribution is 7.92. The van der Waals surface area contributed by atoms with Gasteiger partial charge in [0.1, 0.15) is 5.75 Å². The molecule has 8 nitrogen and oxygen atoms in total. The van der Waals surface area contributed by atoms with Crippen molar-refractivity contribution < 1.29 is 18.3 Å². The van der Waals surface area contributed by atoms with Crippen LogP contribution in [0.15, 0.2) is 96.2 Å². The van der Waals surface area contributed by atoms with E-state index in [-0.39, 0.29) is 29.0 Å². The molecular formula is C27H26N4O4S. The maximum absolute atomic E-state index is 13.4. The fourth-order valence-electron chi connectivity index (χ4n) is 3.53. The quantitative estimate of drug-likeness (QED) is 0.359. The van der Waals surface area contributed by atoms with E-state index in [1.54, 1.807) is 66.7 Å². The van der Waals surface area contributed by atoms with Gasteiger partial charge in [-0.25, -0.2) is 22.7 Å². The number of rotatable bonds is 9. The second-order valence-corrected chi connectivity index (χ2v) is 10.1. The van der Waals surface area contributed by atoms with E-state index in [1.807, 2.05) is 19.1 Å². The van der Waals surface area contributed by atoms with Crippen molar-refractivity contribution in [3.05, 3.63) is 114 Å². The summed E-state index contributed by atoms with van der Waals surface area (Å²) >= 11 is 0. The Kier molecular flexibility index (Phi) is 7.60. The number of nitrogens with one attached hydrogen (secondary N) is 1. The summed E-state index contributed by atoms with van der Waals surface area (Å²) in [6.45, 7) is 2.34. The summed E-state index contributed by atoms with van der Waals surface area (Å²) in [6, 6.07) is 21.8. The lowest BCUT2D eigenvalue weighted by molar-refractivity contribution is 0.0954. The molecule has 0 bridgehead atoms. The molecule has 1 heterocycles. The van der Waals surface area contributed by atoms with E-state index < -0.39 is 10.0 Å². The molecule has 0 aliphatic carbocycles. The fourth-order valence-corrected chi connectivity index (χ4v) is 4.90. The number of phenolic OH excluding ortho intramolecular Hbond substituents is 1. The van der Waals surface area contributed by atoms with Gasteiger partial charge in [-0.15, -0.1) is 0 Å². The number of hydrogen-bond acceptors (Lipinski definition) is 6. The lowest BCUT2D eigenvalue weighted by Gasteiger charge is -2.22. The minimum atomic E-state index is -3.92. The van der Waals surface area contributed by atoms with Crippen molar-refractivity contribution in [2.45, 2.75) is 24.8 Å². The molecule has 0 radical (unpaired) electrons. The molecule has 1 amide bonds. The van der Waals surface area contributed by atoms with Crippen molar-refractivity contribution in [2.75, 3.05) is 10.8 Å². The summed E-state index contributed by atoms with van der Waals surface area (Å²) in [6.07, 6.45) is 3.62. The van der Waals surface area contributed by atoms with E-state index in [1.165, 1.54) is 12.4 Å². The standard InChI is InChI=1S/C27H26N4O4S/c1-20-3-13-25(14-4-20)36(34,35)31(27-29-16-2-17-30-27)19-22-5-9-23(10-6-22)26(33)28-18-15-21-7-11-24(32)12-8-21/h2-14,16-17,32H,15,18-19H2,1H3,(H,28,33). The molecule has 0 fully saturated rings. The topological polar surface area (TPSA) is 112 Å². The molecule has 4 rings (SSSR count). The SMILES string of the molecule is Cc1ccc(S(=O)(=O)N(Cc2ccc(C(=O)NCCc3ccc(O)cc3)cc2)c2ncccn2)cc1. The van der Waals surface area contributed by atoms with E-state index in [0.717, 1.165) is 15.4 Å². The normalized spacial score (nSPS) is 11.1. The second kappa shape index (κ2) is 11.0. The molecule has 0 saturated heterocycles. The van der Waals surface area contributed by atoms with Crippen LogP contribution in [0.4, 0.5) is 5.95 Å². The molecule has 3 aromatic carbocycles. The van der Waals surface area contributed by atoms with Gasteiger partial charge in [-0.3, -0.25) is 4.79 Å². The van der Waals surface area contributed by atoms with Gasteiger partial charge in [0, 0.05) is 24.5 Å². The number of aryl methyl sites for hydroxylation is 1. The van der Waals surface area contributed by atoms with E-state index >= 15 is 0 Å². The summed E-state index contributed by atoms with van der Waals surface area (Å²) in [5, 5.41) is 12.2. The van der Waals surface area contributed by atoms with E-state index in [0.29, 0.717) is 24.1 Å². The third-order valence-electron chi connectivity index (χ3n) is 5.56. The predicted octanol–water partition coefficient (Wildman–Crippen LogP) is 3.86. The summed E-state index contributed by atoms with van der Waals surface area (Å²) in [5.41, 5.74) is 3.10. The number of nitrogens with zero attached hydrogens (tertiary/aromatic N) is 3. The Labute approximate surface area is 210 Å². The second-order valence-electron chi connectivity index (χ2n) is 8.24. The van der Waals surface area contributed by atoms with Crippen molar-refractivity contribution in [1.29, 1.82) is 0 Å². The van der Waals surface area contributed by atoms with Crippen LogP contribution in [0, 0.1) is 6.92 Å². The highest BCUT2D eigenvalue weighted by atomic mass is 32.2. The summed E-state index contributed by atoms with van der Waals surface area (Å²) in [5.74, 6) is 0.0388. The average molecular weight is 503 g/mol. The van der Waals surface area contributed by atoms with Crippen LogP contribution in [-0.2, 0) is 23.0 Å². The maximum atomic E-state index is 13.4. The van der Waals surface area contributed by atoms with Crippen molar-refractivity contribution in [3.63, 3.8) is 0 Å². The number of carbonyl (C=O) groups excluding carboxylic acids is 1. The molecular weight excluding hydrogens is 476 g/mol. The van der Waals surface area contributed by atoms with E-state index in [4.69, 9.17) is 0 Å². The molecule has 2 N–H and O–H groups in total. The van der Waals surface area contributed by atoms with Gasteiger partial charge in [0.05, 0.1) is 11.4 Å². The van der Waals surface area contributed by atoms with Crippen molar-refractivity contribution in [3.8, 4) is 5.75 Å². The minimum absolute atomic E-state index is 0.00295. The zero-order chi connectivity index (χ0) is 25.5. The predicted molar refractivity (Wildman–Crippen MR) is 137 cm³/mol. The van der Waals surface area contributed by atoms with Crippen molar-refractivity contribution in [1.82, 2.24) is 15.3 Å². The monoisotopic (exact) mass is 502 g/mol. The van der Waals surface area contributed by atoms with Gasteiger partial charge in [-0.05, 0) is 66.9 Å². The number of amides is 1. The molecule has 0 spiro atoms. The van der Waals surface area contributed by atoms with E-state index in [9.17, 15) is 18.3 Å². The molecule has 36 heavy (non-hydrogen) atoms. The van der Waals surface area contributed by atoms with Crippen LogP contribution in [0.25, 0.3) is 0 Å². The average Bonchev–Trinajstić information content (AvgIpc) is 2.89. The summed E-state index contributed by atoms with van der Waals surface area (Å²) in [7, 11) is -3.92. The lowest BCUT2D eigenvalue weighted by atomic mass is 10.1. The Morgan fingerprint density at radius 2 is 1.50 bits per heavy atom. The van der Waals surface area contributed by atoms with Crippen LogP contribution >= 0.6 is 0 Å². The fraction of sp³-hybridized carbons (Fsp3) is 0.148. The van der Waals surface area contributed by atoms with Crippen molar-refractivity contribution in [2.24, 2.45) is 0 Å². The Balaban J connectivity index is 1.47. The van der Waals surface area contributed by atoms with Crippen LogP contribution in [-0.4, -0.2) is 35.9 Å². The number of aromatic hydroxyl groups is 1. The number of aromatic nitrogens is 2. The number of benzene rings is 3. The van der Waals surface area contributed by atoms with E-state index in [2.05, 4.69) is 15.3 Å². The highest BCUT2D eigenvalue weighted by Crippen LogP contribution is 2.23. The third kappa shape index (κ3) is 6.05. The van der Waals surface area contributed by atoms with Gasteiger partial charge < -0.3 is 10.4 Å². The number of anilines is 1. The summed E-state index contributed by atoms with van der Waals surface area (Å²) < 4.78 is 28.0. The number of hydrogen-bond donors (Lipinski definition) is 2. The van der Waals surface area contributed by atoms with Gasteiger partial charge in [-0.2, -0.15) is 0 Å². The Bertz CT molecular complexity index is 1410. The first-order valence-corrected chi connectivity index (χ1v) is 12.8. The number of carbonyl (C=O) groups is 1. The molecule has 1 aromatic heterocycles. The van der Waals surface area contributed by atoms with Crippen LogP contribution < -0.4 is 9.62 Å². The molecule has 9 heteroatoms. The first kappa shape index (κ1) is 24.9. The smallest absolute Gasteiger partial charge is 0.266 e. The highest BCUT2D eigenvalue weighted by Gasteiger charge is 2.27. The molecule has 0 saturated carbocycles. The maximum Gasteiger partial charge on any atom is 0.266 e. The number of phenols is 1. The molecule has 4 aromatic rings. The molecule has 0 aliphatic rings. The zero-order valence-corrected chi connectivity index (χ0v) is 20.5. The molecule has 184 valence electrons. The minimum Gasteiger partial charge on any atom is -0.508 e. The Hall–Kier alpha value is -4.24. The largest absolute Gasteiger partial charge is 0.508 e. The number of sulfonamides is 1. The van der Waals surface area contributed by atoms with Gasteiger partial charge in [0.15, 0.2) is 0 Å². The first-order valence-electron chi connectivity index (χ1n) is 11.3. The summed E-state index contributed by atoms with van der Waals surface area (Å²) in [4.78, 5) is 21.0. The van der Waals surface area contributed by atoms with Gasteiger partial charge in [0.25, 0.3) is 15.9 Å². The Morgan fingerprint density at radius 3 is 2.14 bits per heavy atom. The molecule has 0 aliphatic heterocycles. The third-order valence-corrected chi connectivity index (χ3v) is 7.30. The lowest BCUT2D eigenvalue weighted by Crippen LogP contribution is -2.32. The van der Waals surface area contributed by atoms with Gasteiger partial charge >= 0.3 is 0 Å². The zero-order valence-electron chi connectivity index (χ0n) is 19.7.